The summed E-state index contributed by atoms with van der Waals surface area (Å²) in [5.74, 6) is -0.229. The SMILES string of the molecule is CCC(C)NC(=O)c1ccccc1NN=C(C#N)C#N. The standard InChI is InChI=1S/C14H15N5O/c1-3-10(2)17-14(20)12-6-4-5-7-13(12)19-18-11(8-15)9-16/h4-7,10,19H,3H2,1-2H3,(H,17,20). The van der Waals surface area contributed by atoms with E-state index in [1.165, 1.54) is 0 Å². The second-order valence-corrected chi connectivity index (χ2v) is 4.12. The summed E-state index contributed by atoms with van der Waals surface area (Å²) in [4.78, 5) is 12.1. The van der Waals surface area contributed by atoms with Crippen LogP contribution in [0, 0.1) is 22.7 Å². The fourth-order valence-electron chi connectivity index (χ4n) is 1.37. The third-order valence-electron chi connectivity index (χ3n) is 2.66. The molecular weight excluding hydrogens is 254 g/mol. The van der Waals surface area contributed by atoms with Crippen molar-refractivity contribution >= 4 is 17.3 Å². The van der Waals surface area contributed by atoms with E-state index in [-0.39, 0.29) is 17.7 Å². The maximum Gasteiger partial charge on any atom is 0.253 e. The van der Waals surface area contributed by atoms with Crippen molar-refractivity contribution in [3.8, 4) is 12.1 Å². The van der Waals surface area contributed by atoms with Gasteiger partial charge in [0.1, 0.15) is 12.1 Å². The van der Waals surface area contributed by atoms with Gasteiger partial charge in [0, 0.05) is 6.04 Å². The molecule has 0 saturated carbocycles. The van der Waals surface area contributed by atoms with Gasteiger partial charge in [-0.15, -0.1) is 0 Å². The van der Waals surface area contributed by atoms with E-state index in [9.17, 15) is 4.79 Å². The first-order valence-electron chi connectivity index (χ1n) is 6.16. The summed E-state index contributed by atoms with van der Waals surface area (Å²) in [5.41, 5.74) is 3.12. The Balaban J connectivity index is 2.95. The third kappa shape index (κ3) is 4.11. The fourth-order valence-corrected chi connectivity index (χ4v) is 1.37. The molecule has 1 atom stereocenters. The number of para-hydroxylation sites is 1. The Morgan fingerprint density at radius 3 is 2.60 bits per heavy atom. The van der Waals surface area contributed by atoms with Crippen molar-refractivity contribution in [3.05, 3.63) is 29.8 Å². The zero-order valence-electron chi connectivity index (χ0n) is 11.3. The van der Waals surface area contributed by atoms with Crippen LogP contribution in [0.5, 0.6) is 0 Å². The van der Waals surface area contributed by atoms with Gasteiger partial charge >= 0.3 is 0 Å². The summed E-state index contributed by atoms with van der Waals surface area (Å²) in [5, 5.41) is 23.7. The van der Waals surface area contributed by atoms with Crippen molar-refractivity contribution in [2.24, 2.45) is 5.10 Å². The molecule has 0 heterocycles. The lowest BCUT2D eigenvalue weighted by molar-refractivity contribution is 0.0940. The molecule has 0 aliphatic carbocycles. The number of amides is 1. The molecule has 20 heavy (non-hydrogen) atoms. The number of nitrogens with zero attached hydrogens (tertiary/aromatic N) is 3. The molecule has 0 spiro atoms. The topological polar surface area (TPSA) is 101 Å². The predicted molar refractivity (Wildman–Crippen MR) is 75.9 cm³/mol. The van der Waals surface area contributed by atoms with Crippen molar-refractivity contribution in [3.63, 3.8) is 0 Å². The number of hydrogen-bond acceptors (Lipinski definition) is 5. The zero-order valence-corrected chi connectivity index (χ0v) is 11.3. The number of rotatable bonds is 5. The van der Waals surface area contributed by atoms with Crippen molar-refractivity contribution in [1.29, 1.82) is 10.5 Å². The molecule has 0 saturated heterocycles. The first-order valence-corrected chi connectivity index (χ1v) is 6.16. The molecule has 0 fully saturated rings. The number of hydrazone groups is 1. The Bertz CT molecular complexity index is 578. The average molecular weight is 269 g/mol. The molecule has 102 valence electrons. The lowest BCUT2D eigenvalue weighted by Gasteiger charge is -2.13. The number of hydrogen-bond donors (Lipinski definition) is 2. The maximum atomic E-state index is 12.1. The lowest BCUT2D eigenvalue weighted by atomic mass is 10.1. The van der Waals surface area contributed by atoms with Crippen molar-refractivity contribution < 1.29 is 4.79 Å². The van der Waals surface area contributed by atoms with E-state index in [4.69, 9.17) is 10.5 Å². The summed E-state index contributed by atoms with van der Waals surface area (Å²) in [6.07, 6.45) is 0.826. The Kier molecular flexibility index (Phi) is 5.74. The second kappa shape index (κ2) is 7.55. The Morgan fingerprint density at radius 2 is 2.00 bits per heavy atom. The summed E-state index contributed by atoms with van der Waals surface area (Å²) in [6, 6.07) is 10.1. The van der Waals surface area contributed by atoms with E-state index in [2.05, 4.69) is 15.8 Å². The number of benzene rings is 1. The molecule has 0 bridgehead atoms. The smallest absolute Gasteiger partial charge is 0.253 e. The molecule has 6 heteroatoms. The van der Waals surface area contributed by atoms with E-state index in [0.29, 0.717) is 11.3 Å². The molecule has 2 N–H and O–H groups in total. The highest BCUT2D eigenvalue weighted by atomic mass is 16.1. The lowest BCUT2D eigenvalue weighted by Crippen LogP contribution is -2.32. The molecule has 0 aliphatic rings. The molecule has 1 amide bonds. The van der Waals surface area contributed by atoms with Crippen LogP contribution in [-0.2, 0) is 0 Å². The van der Waals surface area contributed by atoms with Gasteiger partial charge in [-0.25, -0.2) is 0 Å². The zero-order chi connectivity index (χ0) is 15.0. The summed E-state index contributed by atoms with van der Waals surface area (Å²) in [6.45, 7) is 3.89. The van der Waals surface area contributed by atoms with Crippen LogP contribution in [-0.4, -0.2) is 17.7 Å². The molecule has 1 rings (SSSR count). The van der Waals surface area contributed by atoms with E-state index < -0.39 is 0 Å². The minimum absolute atomic E-state index is 0.0628. The fraction of sp³-hybridized carbons (Fsp3) is 0.286. The molecular formula is C14H15N5O. The Hall–Kier alpha value is -2.86. The van der Waals surface area contributed by atoms with E-state index >= 15 is 0 Å². The third-order valence-corrected chi connectivity index (χ3v) is 2.66. The number of nitrogens with one attached hydrogen (secondary N) is 2. The van der Waals surface area contributed by atoms with Gasteiger partial charge in [0.2, 0.25) is 5.71 Å². The molecule has 0 radical (unpaired) electrons. The van der Waals surface area contributed by atoms with Crippen LogP contribution in [0.2, 0.25) is 0 Å². The molecule has 1 aromatic carbocycles. The molecule has 1 unspecified atom stereocenters. The largest absolute Gasteiger partial charge is 0.350 e. The number of anilines is 1. The highest BCUT2D eigenvalue weighted by Crippen LogP contribution is 2.15. The molecule has 0 aromatic heterocycles. The molecule has 0 aliphatic heterocycles. The summed E-state index contributed by atoms with van der Waals surface area (Å²) < 4.78 is 0. The van der Waals surface area contributed by atoms with Gasteiger partial charge in [0.25, 0.3) is 5.91 Å². The van der Waals surface area contributed by atoms with Crippen LogP contribution in [0.1, 0.15) is 30.6 Å². The van der Waals surface area contributed by atoms with Crippen LogP contribution >= 0.6 is 0 Å². The number of carbonyl (C=O) groups excluding carboxylic acids is 1. The van der Waals surface area contributed by atoms with Gasteiger partial charge in [-0.05, 0) is 25.5 Å². The first-order chi connectivity index (χ1) is 9.62. The molecule has 6 nitrogen and oxygen atoms in total. The minimum atomic E-state index is -0.304. The maximum absolute atomic E-state index is 12.1. The van der Waals surface area contributed by atoms with E-state index in [1.54, 1.807) is 36.4 Å². The van der Waals surface area contributed by atoms with Crippen LogP contribution in [0.15, 0.2) is 29.4 Å². The monoisotopic (exact) mass is 269 g/mol. The quantitative estimate of drug-likeness (QED) is 0.630. The second-order valence-electron chi connectivity index (χ2n) is 4.12. The van der Waals surface area contributed by atoms with Crippen LogP contribution in [0.3, 0.4) is 0 Å². The van der Waals surface area contributed by atoms with Gasteiger partial charge in [0.05, 0.1) is 11.3 Å². The highest BCUT2D eigenvalue weighted by Gasteiger charge is 2.12. The predicted octanol–water partition coefficient (Wildman–Crippen LogP) is 2.03. The Labute approximate surface area is 117 Å². The van der Waals surface area contributed by atoms with Crippen molar-refractivity contribution in [2.45, 2.75) is 26.3 Å². The summed E-state index contributed by atoms with van der Waals surface area (Å²) in [7, 11) is 0. The van der Waals surface area contributed by atoms with Gasteiger partial charge in [-0.3, -0.25) is 10.2 Å². The van der Waals surface area contributed by atoms with Crippen LogP contribution < -0.4 is 10.7 Å². The highest BCUT2D eigenvalue weighted by molar-refractivity contribution is 6.10. The van der Waals surface area contributed by atoms with Gasteiger partial charge in [-0.1, -0.05) is 19.1 Å². The van der Waals surface area contributed by atoms with Gasteiger partial charge in [-0.2, -0.15) is 15.6 Å². The summed E-state index contributed by atoms with van der Waals surface area (Å²) >= 11 is 0. The first kappa shape index (κ1) is 15.2. The van der Waals surface area contributed by atoms with E-state index in [0.717, 1.165) is 6.42 Å². The average Bonchev–Trinajstić information content (AvgIpc) is 2.48. The van der Waals surface area contributed by atoms with Gasteiger partial charge in [0.15, 0.2) is 0 Å². The van der Waals surface area contributed by atoms with Crippen LogP contribution in [0.4, 0.5) is 5.69 Å². The normalized spacial score (nSPS) is 10.6. The van der Waals surface area contributed by atoms with Crippen molar-refractivity contribution in [1.82, 2.24) is 5.32 Å². The number of carbonyl (C=O) groups is 1. The Morgan fingerprint density at radius 1 is 1.35 bits per heavy atom. The molecule has 1 aromatic rings. The number of nitriles is 2. The minimum Gasteiger partial charge on any atom is -0.350 e. The van der Waals surface area contributed by atoms with Crippen molar-refractivity contribution in [2.75, 3.05) is 5.43 Å². The van der Waals surface area contributed by atoms with E-state index in [1.807, 2.05) is 13.8 Å². The van der Waals surface area contributed by atoms with Gasteiger partial charge < -0.3 is 5.32 Å². The van der Waals surface area contributed by atoms with Crippen LogP contribution in [0.25, 0.3) is 0 Å².